The first-order chi connectivity index (χ1) is 7.07. The highest BCUT2D eigenvalue weighted by Crippen LogP contribution is 2.27. The molecule has 1 saturated heterocycles. The lowest BCUT2D eigenvalue weighted by atomic mass is 10.0. The Hall–Kier alpha value is -1.17. The predicted octanol–water partition coefficient (Wildman–Crippen LogP) is 0.351. The molecule has 0 saturated carbocycles. The number of hydrogen-bond acceptors (Lipinski definition) is 5. The lowest BCUT2D eigenvalue weighted by molar-refractivity contribution is 0.547. The molecule has 2 heterocycles. The summed E-state index contributed by atoms with van der Waals surface area (Å²) in [5.74, 6) is 0.421. The van der Waals surface area contributed by atoms with Crippen LogP contribution < -0.4 is 5.73 Å². The van der Waals surface area contributed by atoms with E-state index in [-0.39, 0.29) is 11.7 Å². The first kappa shape index (κ1) is 10.4. The second-order valence-electron chi connectivity index (χ2n) is 3.87. The SMILES string of the molecule is Nc1cnnc(C2CCCS(=O)(=O)C2)c1. The molecule has 1 fully saturated rings. The molecule has 15 heavy (non-hydrogen) atoms. The summed E-state index contributed by atoms with van der Waals surface area (Å²) in [5, 5.41) is 7.67. The highest BCUT2D eigenvalue weighted by atomic mass is 32.2. The van der Waals surface area contributed by atoms with Crippen LogP contribution >= 0.6 is 0 Å². The zero-order valence-electron chi connectivity index (χ0n) is 8.26. The number of hydrogen-bond donors (Lipinski definition) is 1. The van der Waals surface area contributed by atoms with Crippen LogP contribution in [0.5, 0.6) is 0 Å². The molecule has 0 bridgehead atoms. The van der Waals surface area contributed by atoms with Crippen molar-refractivity contribution in [3.8, 4) is 0 Å². The minimum atomic E-state index is -2.90. The molecule has 1 atom stereocenters. The number of sulfone groups is 1. The van der Waals surface area contributed by atoms with Crippen molar-refractivity contribution in [2.75, 3.05) is 17.2 Å². The summed E-state index contributed by atoms with van der Waals surface area (Å²) in [7, 11) is -2.90. The van der Waals surface area contributed by atoms with E-state index in [0.717, 1.165) is 6.42 Å². The lowest BCUT2D eigenvalue weighted by Crippen LogP contribution is -2.24. The molecule has 0 aliphatic carbocycles. The zero-order valence-corrected chi connectivity index (χ0v) is 9.07. The van der Waals surface area contributed by atoms with Gasteiger partial charge in [-0.1, -0.05) is 0 Å². The number of rotatable bonds is 1. The van der Waals surface area contributed by atoms with Gasteiger partial charge in [0.15, 0.2) is 9.84 Å². The molecule has 82 valence electrons. The molecule has 1 aliphatic heterocycles. The maximum absolute atomic E-state index is 11.4. The topological polar surface area (TPSA) is 85.9 Å². The maximum Gasteiger partial charge on any atom is 0.150 e. The Labute approximate surface area is 88.6 Å². The molecule has 0 spiro atoms. The number of nitrogen functional groups attached to an aromatic ring is 1. The van der Waals surface area contributed by atoms with Crippen LogP contribution in [-0.2, 0) is 9.84 Å². The first-order valence-electron chi connectivity index (χ1n) is 4.85. The van der Waals surface area contributed by atoms with Crippen molar-refractivity contribution in [1.82, 2.24) is 10.2 Å². The van der Waals surface area contributed by atoms with Crippen molar-refractivity contribution < 1.29 is 8.42 Å². The van der Waals surface area contributed by atoms with Crippen molar-refractivity contribution in [1.29, 1.82) is 0 Å². The smallest absolute Gasteiger partial charge is 0.150 e. The third kappa shape index (κ3) is 2.44. The molecular formula is C9H13N3O2S. The Kier molecular flexibility index (Phi) is 2.60. The summed E-state index contributed by atoms with van der Waals surface area (Å²) < 4.78 is 22.9. The van der Waals surface area contributed by atoms with Gasteiger partial charge in [0.1, 0.15) is 0 Å². The van der Waals surface area contributed by atoms with E-state index in [1.54, 1.807) is 6.07 Å². The van der Waals surface area contributed by atoms with Crippen molar-refractivity contribution >= 4 is 15.5 Å². The minimum absolute atomic E-state index is 0.0419. The molecule has 1 aliphatic rings. The van der Waals surface area contributed by atoms with Crippen LogP contribution in [0, 0.1) is 0 Å². The molecule has 2 rings (SSSR count). The van der Waals surface area contributed by atoms with Crippen LogP contribution in [0.15, 0.2) is 12.3 Å². The van der Waals surface area contributed by atoms with Crippen molar-refractivity contribution in [3.05, 3.63) is 18.0 Å². The van der Waals surface area contributed by atoms with E-state index in [1.165, 1.54) is 6.20 Å². The van der Waals surface area contributed by atoms with E-state index in [1.807, 2.05) is 0 Å². The molecule has 5 nitrogen and oxygen atoms in total. The summed E-state index contributed by atoms with van der Waals surface area (Å²) in [4.78, 5) is 0. The van der Waals surface area contributed by atoms with Crippen LogP contribution in [0.4, 0.5) is 5.69 Å². The monoisotopic (exact) mass is 227 g/mol. The Morgan fingerprint density at radius 3 is 2.93 bits per heavy atom. The first-order valence-corrected chi connectivity index (χ1v) is 6.67. The van der Waals surface area contributed by atoms with Gasteiger partial charge in [-0.25, -0.2) is 8.42 Å². The van der Waals surface area contributed by atoms with E-state index < -0.39 is 9.84 Å². The average molecular weight is 227 g/mol. The van der Waals surface area contributed by atoms with E-state index in [2.05, 4.69) is 10.2 Å². The molecule has 0 radical (unpaired) electrons. The molecule has 0 amide bonds. The summed E-state index contributed by atoms with van der Waals surface area (Å²) in [6, 6.07) is 1.71. The molecule has 0 aromatic carbocycles. The third-order valence-corrected chi connectivity index (χ3v) is 4.40. The highest BCUT2D eigenvalue weighted by molar-refractivity contribution is 7.91. The molecule has 1 aromatic rings. The van der Waals surface area contributed by atoms with Crippen LogP contribution in [0.1, 0.15) is 24.5 Å². The van der Waals surface area contributed by atoms with Crippen LogP contribution in [-0.4, -0.2) is 30.1 Å². The third-order valence-electron chi connectivity index (χ3n) is 2.58. The van der Waals surface area contributed by atoms with Gasteiger partial charge in [-0.2, -0.15) is 10.2 Å². The summed E-state index contributed by atoms with van der Waals surface area (Å²) in [6.45, 7) is 0. The molecule has 2 N–H and O–H groups in total. The summed E-state index contributed by atoms with van der Waals surface area (Å²) in [6.07, 6.45) is 3.00. The fraction of sp³-hybridized carbons (Fsp3) is 0.556. The number of anilines is 1. The molecular weight excluding hydrogens is 214 g/mol. The normalized spacial score (nSPS) is 24.9. The summed E-state index contributed by atoms with van der Waals surface area (Å²) >= 11 is 0. The van der Waals surface area contributed by atoms with Gasteiger partial charge in [-0.05, 0) is 18.9 Å². The largest absolute Gasteiger partial charge is 0.397 e. The minimum Gasteiger partial charge on any atom is -0.397 e. The highest BCUT2D eigenvalue weighted by Gasteiger charge is 2.27. The van der Waals surface area contributed by atoms with E-state index in [0.29, 0.717) is 23.6 Å². The molecule has 1 unspecified atom stereocenters. The van der Waals surface area contributed by atoms with Crippen LogP contribution in [0.25, 0.3) is 0 Å². The van der Waals surface area contributed by atoms with Crippen molar-refractivity contribution in [2.45, 2.75) is 18.8 Å². The number of aromatic nitrogens is 2. The Morgan fingerprint density at radius 2 is 2.27 bits per heavy atom. The second kappa shape index (κ2) is 3.77. The Morgan fingerprint density at radius 1 is 1.47 bits per heavy atom. The Balaban J connectivity index is 2.24. The predicted molar refractivity (Wildman–Crippen MR) is 57.1 cm³/mol. The quantitative estimate of drug-likeness (QED) is 0.748. The van der Waals surface area contributed by atoms with Gasteiger partial charge >= 0.3 is 0 Å². The van der Waals surface area contributed by atoms with Gasteiger partial charge in [0, 0.05) is 5.92 Å². The fourth-order valence-corrected chi connectivity index (χ4v) is 3.58. The van der Waals surface area contributed by atoms with Gasteiger partial charge in [0.25, 0.3) is 0 Å². The van der Waals surface area contributed by atoms with Gasteiger partial charge in [0.05, 0.1) is 29.1 Å². The standard InChI is InChI=1S/C9H13N3O2S/c10-8-4-9(12-11-5-8)7-2-1-3-15(13,14)6-7/h4-5,7H,1-3,6H2,(H2,10,12). The number of nitrogens with zero attached hydrogens (tertiary/aromatic N) is 2. The van der Waals surface area contributed by atoms with Crippen molar-refractivity contribution in [2.24, 2.45) is 0 Å². The van der Waals surface area contributed by atoms with E-state index in [9.17, 15) is 8.42 Å². The Bertz CT molecular complexity index is 458. The maximum atomic E-state index is 11.4. The average Bonchev–Trinajstić information content (AvgIpc) is 2.16. The fourth-order valence-electron chi connectivity index (χ4n) is 1.85. The van der Waals surface area contributed by atoms with E-state index in [4.69, 9.17) is 5.73 Å². The number of nitrogens with two attached hydrogens (primary N) is 1. The zero-order chi connectivity index (χ0) is 10.9. The second-order valence-corrected chi connectivity index (χ2v) is 6.10. The van der Waals surface area contributed by atoms with E-state index >= 15 is 0 Å². The van der Waals surface area contributed by atoms with Crippen LogP contribution in [0.2, 0.25) is 0 Å². The molecule has 1 aromatic heterocycles. The van der Waals surface area contributed by atoms with Crippen LogP contribution in [0.3, 0.4) is 0 Å². The molecule has 6 heteroatoms. The van der Waals surface area contributed by atoms with Gasteiger partial charge in [-0.15, -0.1) is 0 Å². The van der Waals surface area contributed by atoms with Gasteiger partial charge in [-0.3, -0.25) is 0 Å². The van der Waals surface area contributed by atoms with Gasteiger partial charge in [0.2, 0.25) is 0 Å². The lowest BCUT2D eigenvalue weighted by Gasteiger charge is -2.20. The van der Waals surface area contributed by atoms with Crippen molar-refractivity contribution in [3.63, 3.8) is 0 Å². The summed E-state index contributed by atoms with van der Waals surface area (Å²) in [5.41, 5.74) is 6.80. The van der Waals surface area contributed by atoms with Gasteiger partial charge < -0.3 is 5.73 Å².